The van der Waals surface area contributed by atoms with Crippen molar-refractivity contribution in [3.8, 4) is 0 Å². The summed E-state index contributed by atoms with van der Waals surface area (Å²) in [4.78, 5) is 4.50. The highest BCUT2D eigenvalue weighted by atomic mass is 15.2. The Hall–Kier alpha value is -1.71. The molecule has 0 spiro atoms. The van der Waals surface area contributed by atoms with E-state index in [9.17, 15) is 0 Å². The maximum Gasteiger partial charge on any atom is 0.0730 e. The molecule has 0 radical (unpaired) electrons. The summed E-state index contributed by atoms with van der Waals surface area (Å²) in [5.41, 5.74) is 8.47. The number of hydrogen-bond donors (Lipinski definition) is 2. The van der Waals surface area contributed by atoms with Crippen LogP contribution in [0.5, 0.6) is 0 Å². The molecule has 2 aromatic rings. The Labute approximate surface area is 108 Å². The van der Waals surface area contributed by atoms with E-state index in [1.54, 1.807) is 0 Å². The first-order valence-electron chi connectivity index (χ1n) is 6.09. The van der Waals surface area contributed by atoms with Crippen LogP contribution in [0.1, 0.15) is 34.1 Å². The standard InChI is InChI=1S/C15H19N3/c1-10-6-4-5-7-13(10)15(18-16)14-9-8-11(2)17-12(14)3/h4-9,15,18H,16H2,1-3H3. The largest absolute Gasteiger partial charge is 0.271 e. The van der Waals surface area contributed by atoms with Crippen molar-refractivity contribution in [1.82, 2.24) is 10.4 Å². The van der Waals surface area contributed by atoms with Crippen LogP contribution in [-0.2, 0) is 0 Å². The molecule has 18 heavy (non-hydrogen) atoms. The van der Waals surface area contributed by atoms with E-state index in [2.05, 4.69) is 35.5 Å². The van der Waals surface area contributed by atoms with Gasteiger partial charge in [-0.25, -0.2) is 5.43 Å². The van der Waals surface area contributed by atoms with Gasteiger partial charge in [-0.15, -0.1) is 0 Å². The molecular weight excluding hydrogens is 222 g/mol. The Balaban J connectivity index is 2.49. The molecule has 0 aliphatic carbocycles. The van der Waals surface area contributed by atoms with Crippen molar-refractivity contribution in [1.29, 1.82) is 0 Å². The van der Waals surface area contributed by atoms with Crippen molar-refractivity contribution in [3.63, 3.8) is 0 Å². The maximum atomic E-state index is 5.73. The highest BCUT2D eigenvalue weighted by Gasteiger charge is 2.16. The normalized spacial score (nSPS) is 12.4. The van der Waals surface area contributed by atoms with Gasteiger partial charge in [-0.2, -0.15) is 0 Å². The lowest BCUT2D eigenvalue weighted by atomic mass is 9.94. The third-order valence-electron chi connectivity index (χ3n) is 3.24. The van der Waals surface area contributed by atoms with Crippen molar-refractivity contribution in [3.05, 3.63) is 64.5 Å². The van der Waals surface area contributed by atoms with Crippen LogP contribution in [0.3, 0.4) is 0 Å². The van der Waals surface area contributed by atoms with Crippen LogP contribution in [0.2, 0.25) is 0 Å². The maximum absolute atomic E-state index is 5.73. The molecule has 1 unspecified atom stereocenters. The van der Waals surface area contributed by atoms with E-state index in [1.807, 2.05) is 32.0 Å². The summed E-state index contributed by atoms with van der Waals surface area (Å²) in [7, 11) is 0. The molecule has 1 aromatic heterocycles. The number of nitrogens with two attached hydrogens (primary N) is 1. The molecule has 0 amide bonds. The van der Waals surface area contributed by atoms with E-state index < -0.39 is 0 Å². The molecule has 3 heteroatoms. The number of benzene rings is 1. The topological polar surface area (TPSA) is 50.9 Å². The predicted molar refractivity (Wildman–Crippen MR) is 74.1 cm³/mol. The molecule has 2 rings (SSSR count). The zero-order chi connectivity index (χ0) is 13.1. The number of hydrazine groups is 1. The minimum absolute atomic E-state index is 0.0145. The molecule has 94 valence electrons. The van der Waals surface area contributed by atoms with Gasteiger partial charge in [-0.1, -0.05) is 30.3 Å². The minimum atomic E-state index is -0.0145. The van der Waals surface area contributed by atoms with Gasteiger partial charge < -0.3 is 0 Å². The first kappa shape index (κ1) is 12.7. The summed E-state index contributed by atoms with van der Waals surface area (Å²) in [6, 6.07) is 12.4. The molecule has 0 bridgehead atoms. The van der Waals surface area contributed by atoms with Crippen LogP contribution in [0.15, 0.2) is 36.4 Å². The fraction of sp³-hybridized carbons (Fsp3) is 0.267. The second-order valence-electron chi connectivity index (χ2n) is 4.58. The average molecular weight is 241 g/mol. The molecule has 0 saturated heterocycles. The second kappa shape index (κ2) is 5.29. The Bertz CT molecular complexity index is 549. The summed E-state index contributed by atoms with van der Waals surface area (Å²) in [6.07, 6.45) is 0. The number of nitrogens with one attached hydrogen (secondary N) is 1. The smallest absolute Gasteiger partial charge is 0.0730 e. The van der Waals surface area contributed by atoms with Crippen LogP contribution in [0.25, 0.3) is 0 Å². The van der Waals surface area contributed by atoms with E-state index in [4.69, 9.17) is 5.84 Å². The van der Waals surface area contributed by atoms with Gasteiger partial charge in [-0.05, 0) is 43.5 Å². The summed E-state index contributed by atoms with van der Waals surface area (Å²) in [5, 5.41) is 0. The summed E-state index contributed by atoms with van der Waals surface area (Å²) in [5.74, 6) is 5.73. The molecular formula is C15H19N3. The third-order valence-corrected chi connectivity index (χ3v) is 3.24. The van der Waals surface area contributed by atoms with Gasteiger partial charge in [0.1, 0.15) is 0 Å². The highest BCUT2D eigenvalue weighted by Crippen LogP contribution is 2.25. The van der Waals surface area contributed by atoms with Crippen molar-refractivity contribution >= 4 is 0 Å². The predicted octanol–water partition coefficient (Wildman–Crippen LogP) is 2.56. The Morgan fingerprint density at radius 3 is 2.33 bits per heavy atom. The number of aromatic nitrogens is 1. The summed E-state index contributed by atoms with van der Waals surface area (Å²) in [6.45, 7) is 6.11. The zero-order valence-corrected chi connectivity index (χ0v) is 11.1. The number of aryl methyl sites for hydroxylation is 3. The van der Waals surface area contributed by atoms with E-state index in [0.717, 1.165) is 17.0 Å². The Morgan fingerprint density at radius 2 is 1.72 bits per heavy atom. The van der Waals surface area contributed by atoms with Gasteiger partial charge in [0, 0.05) is 11.4 Å². The number of rotatable bonds is 3. The van der Waals surface area contributed by atoms with Crippen molar-refractivity contribution in [2.45, 2.75) is 26.8 Å². The molecule has 0 aliphatic rings. The number of pyridine rings is 1. The van der Waals surface area contributed by atoms with Crippen LogP contribution in [0, 0.1) is 20.8 Å². The molecule has 1 heterocycles. The van der Waals surface area contributed by atoms with Crippen LogP contribution in [0.4, 0.5) is 0 Å². The fourth-order valence-electron chi connectivity index (χ4n) is 2.26. The lowest BCUT2D eigenvalue weighted by Crippen LogP contribution is -2.30. The molecule has 0 aliphatic heterocycles. The first-order chi connectivity index (χ1) is 8.63. The van der Waals surface area contributed by atoms with E-state index in [-0.39, 0.29) is 6.04 Å². The SMILES string of the molecule is Cc1ccc(C(NN)c2ccccc2C)c(C)n1. The van der Waals surface area contributed by atoms with Gasteiger partial charge in [0.2, 0.25) is 0 Å². The zero-order valence-electron chi connectivity index (χ0n) is 11.1. The van der Waals surface area contributed by atoms with Crippen LogP contribution < -0.4 is 11.3 Å². The van der Waals surface area contributed by atoms with Crippen LogP contribution >= 0.6 is 0 Å². The highest BCUT2D eigenvalue weighted by molar-refractivity contribution is 5.38. The van der Waals surface area contributed by atoms with Gasteiger partial charge >= 0.3 is 0 Å². The second-order valence-corrected chi connectivity index (χ2v) is 4.58. The van der Waals surface area contributed by atoms with E-state index in [0.29, 0.717) is 0 Å². The van der Waals surface area contributed by atoms with E-state index in [1.165, 1.54) is 11.1 Å². The summed E-state index contributed by atoms with van der Waals surface area (Å²) >= 11 is 0. The summed E-state index contributed by atoms with van der Waals surface area (Å²) < 4.78 is 0. The lowest BCUT2D eigenvalue weighted by molar-refractivity contribution is 0.627. The molecule has 0 saturated carbocycles. The molecule has 1 atom stereocenters. The lowest BCUT2D eigenvalue weighted by Gasteiger charge is -2.20. The third kappa shape index (κ3) is 2.42. The first-order valence-corrected chi connectivity index (χ1v) is 6.09. The number of nitrogens with zero attached hydrogens (tertiary/aromatic N) is 1. The number of hydrogen-bond acceptors (Lipinski definition) is 3. The van der Waals surface area contributed by atoms with Crippen molar-refractivity contribution < 1.29 is 0 Å². The van der Waals surface area contributed by atoms with E-state index >= 15 is 0 Å². The van der Waals surface area contributed by atoms with Gasteiger partial charge in [-0.3, -0.25) is 10.8 Å². The molecule has 0 fully saturated rings. The average Bonchev–Trinajstić information content (AvgIpc) is 2.34. The Kier molecular flexibility index (Phi) is 3.75. The quantitative estimate of drug-likeness (QED) is 0.641. The van der Waals surface area contributed by atoms with Crippen molar-refractivity contribution in [2.75, 3.05) is 0 Å². The Morgan fingerprint density at radius 1 is 1.00 bits per heavy atom. The van der Waals surface area contributed by atoms with Gasteiger partial charge in [0.25, 0.3) is 0 Å². The monoisotopic (exact) mass is 241 g/mol. The molecule has 3 nitrogen and oxygen atoms in total. The van der Waals surface area contributed by atoms with Crippen LogP contribution in [-0.4, -0.2) is 4.98 Å². The van der Waals surface area contributed by atoms with Crippen molar-refractivity contribution in [2.24, 2.45) is 5.84 Å². The molecule has 3 N–H and O–H groups in total. The minimum Gasteiger partial charge on any atom is -0.271 e. The fourth-order valence-corrected chi connectivity index (χ4v) is 2.26. The van der Waals surface area contributed by atoms with Gasteiger partial charge in [0.15, 0.2) is 0 Å². The van der Waals surface area contributed by atoms with Gasteiger partial charge in [0.05, 0.1) is 6.04 Å². The molecule has 1 aromatic carbocycles.